The molecule has 12 nitrogen and oxygen atoms in total. The summed E-state index contributed by atoms with van der Waals surface area (Å²) < 4.78 is 8.84. The SMILES string of the molecule is Cc1cc(C2CN(c3cc(-c4ccccc4O)nnc3N)CCO2)ccc1C(=O)N1CCC(CN2CCC(n3c(C)cc4c(N5C=CCNC5)cccc43)CC2)CC1. The van der Waals surface area contributed by atoms with E-state index in [1.165, 1.54) is 22.3 Å². The van der Waals surface area contributed by atoms with E-state index in [2.05, 4.69) is 89.2 Å². The monoisotopic (exact) mass is 781 g/mol. The van der Waals surface area contributed by atoms with Crippen molar-refractivity contribution in [3.8, 4) is 17.0 Å². The van der Waals surface area contributed by atoms with Gasteiger partial charge >= 0.3 is 0 Å². The molecule has 58 heavy (non-hydrogen) atoms. The normalized spacial score (nSPS) is 20.0. The Morgan fingerprint density at radius 3 is 2.52 bits per heavy atom. The summed E-state index contributed by atoms with van der Waals surface area (Å²) in [6.45, 7) is 12.7. The van der Waals surface area contributed by atoms with Gasteiger partial charge in [-0.15, -0.1) is 10.2 Å². The van der Waals surface area contributed by atoms with E-state index >= 15 is 0 Å². The molecule has 6 heterocycles. The molecule has 1 amide bonds. The molecule has 0 aliphatic carbocycles. The smallest absolute Gasteiger partial charge is 0.254 e. The van der Waals surface area contributed by atoms with Crippen molar-refractivity contribution in [3.63, 3.8) is 0 Å². The number of nitrogen functional groups attached to an aromatic ring is 1. The maximum atomic E-state index is 13.9. The Morgan fingerprint density at radius 2 is 1.74 bits per heavy atom. The van der Waals surface area contributed by atoms with Crippen LogP contribution in [0.3, 0.4) is 0 Å². The summed E-state index contributed by atoms with van der Waals surface area (Å²) in [4.78, 5) is 23.0. The topological polar surface area (TPSA) is 128 Å². The highest BCUT2D eigenvalue weighted by atomic mass is 16.5. The molecule has 3 fully saturated rings. The Kier molecular flexibility index (Phi) is 10.8. The first kappa shape index (κ1) is 38.1. The summed E-state index contributed by atoms with van der Waals surface area (Å²) in [6, 6.07) is 24.7. The second kappa shape index (κ2) is 16.4. The number of likely N-dealkylation sites (tertiary alicyclic amines) is 2. The predicted molar refractivity (Wildman–Crippen MR) is 230 cm³/mol. The minimum absolute atomic E-state index is 0.117. The van der Waals surface area contributed by atoms with Gasteiger partial charge in [-0.1, -0.05) is 36.4 Å². The van der Waals surface area contributed by atoms with Crippen LogP contribution in [0.4, 0.5) is 17.2 Å². The zero-order valence-corrected chi connectivity index (χ0v) is 33.7. The Balaban J connectivity index is 0.778. The number of amides is 1. The summed E-state index contributed by atoms with van der Waals surface area (Å²) in [6.07, 6.45) is 8.58. The van der Waals surface area contributed by atoms with Crippen molar-refractivity contribution in [1.29, 1.82) is 0 Å². The second-order valence-corrected chi connectivity index (χ2v) is 16.5. The Morgan fingerprint density at radius 1 is 0.914 bits per heavy atom. The van der Waals surface area contributed by atoms with Gasteiger partial charge in [0.25, 0.3) is 5.91 Å². The number of hydrogen-bond acceptors (Lipinski definition) is 10. The Hall–Kier alpha value is -5.43. The van der Waals surface area contributed by atoms with E-state index in [4.69, 9.17) is 10.5 Å². The van der Waals surface area contributed by atoms with Crippen molar-refractivity contribution in [2.24, 2.45) is 5.92 Å². The van der Waals surface area contributed by atoms with Crippen molar-refractivity contribution in [2.45, 2.75) is 51.7 Å². The first-order valence-corrected chi connectivity index (χ1v) is 21.0. The molecule has 0 spiro atoms. The van der Waals surface area contributed by atoms with E-state index in [0.29, 0.717) is 48.7 Å². The van der Waals surface area contributed by atoms with E-state index in [9.17, 15) is 9.90 Å². The fourth-order valence-corrected chi connectivity index (χ4v) is 9.65. The average molecular weight is 782 g/mol. The molecule has 4 aliphatic rings. The number of para-hydroxylation sites is 1. The number of anilines is 3. The van der Waals surface area contributed by atoms with Crippen LogP contribution in [0.5, 0.6) is 5.75 Å². The number of phenols is 1. The summed E-state index contributed by atoms with van der Waals surface area (Å²) in [5.74, 6) is 1.20. The fraction of sp³-hybridized carbons (Fsp3) is 0.413. The minimum Gasteiger partial charge on any atom is -0.507 e. The highest BCUT2D eigenvalue weighted by Gasteiger charge is 2.30. The molecule has 4 N–H and O–H groups in total. The number of aromatic nitrogens is 3. The van der Waals surface area contributed by atoms with Crippen LogP contribution >= 0.6 is 0 Å². The number of nitrogens with zero attached hydrogens (tertiary/aromatic N) is 7. The second-order valence-electron chi connectivity index (χ2n) is 16.5. The number of aryl methyl sites for hydroxylation is 2. The molecular weight excluding hydrogens is 727 g/mol. The van der Waals surface area contributed by atoms with Crippen molar-refractivity contribution in [2.75, 3.05) is 81.2 Å². The number of aromatic hydroxyl groups is 1. The number of fused-ring (bicyclic) bond motifs is 1. The molecule has 0 radical (unpaired) electrons. The average Bonchev–Trinajstić information content (AvgIpc) is 3.60. The predicted octanol–water partition coefficient (Wildman–Crippen LogP) is 6.65. The number of rotatable bonds is 8. The molecule has 4 aliphatic heterocycles. The molecule has 1 atom stereocenters. The lowest BCUT2D eigenvalue weighted by molar-refractivity contribution is 0.0397. The maximum absolute atomic E-state index is 13.9. The molecule has 3 saturated heterocycles. The van der Waals surface area contributed by atoms with E-state index < -0.39 is 0 Å². The molecule has 1 unspecified atom stereocenters. The van der Waals surface area contributed by atoms with Gasteiger partial charge in [-0.05, 0) is 99.0 Å². The standard InChI is InChI=1S/C46H55N9O3/c1-31-25-34(44-29-53(23-24-58-44)42-27-39(49-50-45(42)47)37-7-3-4-10-43(37)56)11-12-36(31)46(57)52-21-13-33(14-22-52)28-51-19-15-35(16-20-51)55-32(2)26-38-40(8-5-9-41(38)55)54-18-6-17-48-30-54/h3-12,18,25-27,33,35,44,48,56H,13-17,19-24,28-30H2,1-2H3,(H2,47,50). The number of ether oxygens (including phenoxy) is 1. The van der Waals surface area contributed by atoms with Crippen molar-refractivity contribution >= 4 is 34.0 Å². The highest BCUT2D eigenvalue weighted by molar-refractivity contribution is 5.96. The number of phenolic OH excluding ortho intramolecular Hbond substituents is 1. The van der Waals surface area contributed by atoms with Crippen LogP contribution in [-0.2, 0) is 4.74 Å². The lowest BCUT2D eigenvalue weighted by atomic mass is 9.93. The highest BCUT2D eigenvalue weighted by Crippen LogP contribution is 2.37. The number of hydrogen-bond donors (Lipinski definition) is 3. The first-order valence-electron chi connectivity index (χ1n) is 21.0. The summed E-state index contributed by atoms with van der Waals surface area (Å²) in [5.41, 5.74) is 14.9. The quantitative estimate of drug-likeness (QED) is 0.158. The molecule has 0 bridgehead atoms. The fourth-order valence-electron chi connectivity index (χ4n) is 9.65. The van der Waals surface area contributed by atoms with Crippen LogP contribution in [0.1, 0.15) is 65.0 Å². The molecule has 0 saturated carbocycles. The number of benzene rings is 3. The van der Waals surface area contributed by atoms with E-state index in [0.717, 1.165) is 94.0 Å². The van der Waals surface area contributed by atoms with Gasteiger partial charge < -0.3 is 39.7 Å². The lowest BCUT2D eigenvalue weighted by Crippen LogP contribution is -2.43. The number of nitrogens with two attached hydrogens (primary N) is 1. The summed E-state index contributed by atoms with van der Waals surface area (Å²) in [7, 11) is 0. The van der Waals surface area contributed by atoms with Crippen LogP contribution in [0.2, 0.25) is 0 Å². The van der Waals surface area contributed by atoms with Gasteiger partial charge in [-0.3, -0.25) is 10.1 Å². The molecule has 12 heteroatoms. The Bertz CT molecular complexity index is 2310. The lowest BCUT2D eigenvalue weighted by Gasteiger charge is -2.38. The number of carbonyl (C=O) groups excluding carboxylic acids is 1. The first-order chi connectivity index (χ1) is 28.3. The van der Waals surface area contributed by atoms with Gasteiger partial charge in [-0.25, -0.2) is 0 Å². The molecule has 9 rings (SSSR count). The van der Waals surface area contributed by atoms with Crippen LogP contribution in [0.15, 0.2) is 85.1 Å². The molecular formula is C46H55N9O3. The zero-order valence-electron chi connectivity index (χ0n) is 33.7. The molecule has 3 aromatic carbocycles. The Labute approximate surface area is 340 Å². The third-order valence-corrected chi connectivity index (χ3v) is 12.8. The number of nitrogens with one attached hydrogen (secondary N) is 1. The third-order valence-electron chi connectivity index (χ3n) is 12.8. The van der Waals surface area contributed by atoms with Crippen molar-refractivity contribution in [3.05, 3.63) is 107 Å². The largest absolute Gasteiger partial charge is 0.507 e. The van der Waals surface area contributed by atoms with E-state index in [1.54, 1.807) is 12.1 Å². The minimum atomic E-state index is -0.196. The van der Waals surface area contributed by atoms with Crippen LogP contribution in [0, 0.1) is 19.8 Å². The van der Waals surface area contributed by atoms with Crippen LogP contribution < -0.4 is 20.9 Å². The number of morpholine rings is 1. The van der Waals surface area contributed by atoms with E-state index in [1.807, 2.05) is 37.3 Å². The van der Waals surface area contributed by atoms with Gasteiger partial charge in [-0.2, -0.15) is 0 Å². The van der Waals surface area contributed by atoms with Gasteiger partial charge in [0.2, 0.25) is 0 Å². The maximum Gasteiger partial charge on any atom is 0.254 e. The number of carbonyl (C=O) groups is 1. The van der Waals surface area contributed by atoms with Gasteiger partial charge in [0.15, 0.2) is 5.82 Å². The van der Waals surface area contributed by atoms with Crippen molar-refractivity contribution < 1.29 is 14.6 Å². The molecule has 5 aromatic rings. The number of piperidine rings is 2. The van der Waals surface area contributed by atoms with Crippen molar-refractivity contribution in [1.82, 2.24) is 29.9 Å². The third kappa shape index (κ3) is 7.64. The zero-order chi connectivity index (χ0) is 39.8. The van der Waals surface area contributed by atoms with Gasteiger partial charge in [0.1, 0.15) is 11.9 Å². The van der Waals surface area contributed by atoms with Gasteiger partial charge in [0, 0.05) is 86.8 Å². The summed E-state index contributed by atoms with van der Waals surface area (Å²) in [5, 5.41) is 23.6. The molecule has 2 aromatic heterocycles. The van der Waals surface area contributed by atoms with E-state index in [-0.39, 0.29) is 17.8 Å². The molecule has 302 valence electrons. The van der Waals surface area contributed by atoms with Crippen LogP contribution in [-0.4, -0.2) is 101 Å². The van der Waals surface area contributed by atoms with Gasteiger partial charge in [0.05, 0.1) is 35.9 Å². The summed E-state index contributed by atoms with van der Waals surface area (Å²) >= 11 is 0. The van der Waals surface area contributed by atoms with Crippen LogP contribution in [0.25, 0.3) is 22.2 Å².